The van der Waals surface area contributed by atoms with Gasteiger partial charge in [-0.15, -0.1) is 0 Å². The quantitative estimate of drug-likeness (QED) is 0.781. The number of methoxy groups -OCH3 is 1. The van der Waals surface area contributed by atoms with Crippen LogP contribution in [0.1, 0.15) is 15.9 Å². The number of carbonyl (C=O) groups excluding carboxylic acids is 1. The molecule has 0 aliphatic carbocycles. The molecule has 0 heterocycles. The van der Waals surface area contributed by atoms with Crippen molar-refractivity contribution in [2.24, 2.45) is 0 Å². The van der Waals surface area contributed by atoms with Crippen molar-refractivity contribution < 1.29 is 18.3 Å². The molecule has 0 aliphatic heterocycles. The summed E-state index contributed by atoms with van der Waals surface area (Å²) in [6.45, 7) is 0. The SMILES string of the molecule is COc1ccc(CC(=O)c2c(F)cccc2F)cc1Br. The van der Waals surface area contributed by atoms with Crippen molar-refractivity contribution in [1.29, 1.82) is 0 Å². The predicted molar refractivity (Wildman–Crippen MR) is 75.1 cm³/mol. The summed E-state index contributed by atoms with van der Waals surface area (Å²) in [6, 6.07) is 8.42. The molecule has 0 aliphatic rings. The van der Waals surface area contributed by atoms with Gasteiger partial charge in [-0.05, 0) is 45.8 Å². The van der Waals surface area contributed by atoms with Crippen LogP contribution < -0.4 is 4.74 Å². The van der Waals surface area contributed by atoms with E-state index >= 15 is 0 Å². The lowest BCUT2D eigenvalue weighted by atomic mass is 10.0. The Kier molecular flexibility index (Phi) is 4.49. The molecule has 0 fully saturated rings. The fourth-order valence-corrected chi connectivity index (χ4v) is 2.45. The first-order chi connectivity index (χ1) is 9.52. The summed E-state index contributed by atoms with van der Waals surface area (Å²) >= 11 is 3.30. The highest BCUT2D eigenvalue weighted by Crippen LogP contribution is 2.26. The van der Waals surface area contributed by atoms with E-state index in [9.17, 15) is 13.6 Å². The van der Waals surface area contributed by atoms with Gasteiger partial charge in [-0.2, -0.15) is 0 Å². The van der Waals surface area contributed by atoms with Crippen LogP contribution in [-0.2, 0) is 6.42 Å². The minimum absolute atomic E-state index is 0.0829. The lowest BCUT2D eigenvalue weighted by Crippen LogP contribution is -2.09. The lowest BCUT2D eigenvalue weighted by Gasteiger charge is -2.07. The molecular weight excluding hydrogens is 330 g/mol. The Balaban J connectivity index is 2.26. The van der Waals surface area contributed by atoms with Gasteiger partial charge in [-0.1, -0.05) is 12.1 Å². The van der Waals surface area contributed by atoms with E-state index in [-0.39, 0.29) is 6.42 Å². The number of benzene rings is 2. The lowest BCUT2D eigenvalue weighted by molar-refractivity contribution is 0.0985. The Hall–Kier alpha value is -1.75. The molecule has 0 saturated carbocycles. The molecular formula is C15H11BrF2O2. The van der Waals surface area contributed by atoms with Gasteiger partial charge >= 0.3 is 0 Å². The summed E-state index contributed by atoms with van der Waals surface area (Å²) in [5.41, 5.74) is 0.143. The largest absolute Gasteiger partial charge is 0.496 e. The first-order valence-electron chi connectivity index (χ1n) is 5.82. The summed E-state index contributed by atoms with van der Waals surface area (Å²) in [5.74, 6) is -1.67. The van der Waals surface area contributed by atoms with Crippen molar-refractivity contribution in [3.8, 4) is 5.75 Å². The van der Waals surface area contributed by atoms with Gasteiger partial charge in [0, 0.05) is 6.42 Å². The Morgan fingerprint density at radius 3 is 2.40 bits per heavy atom. The van der Waals surface area contributed by atoms with E-state index in [0.29, 0.717) is 15.8 Å². The fourth-order valence-electron chi connectivity index (χ4n) is 1.86. The monoisotopic (exact) mass is 340 g/mol. The highest BCUT2D eigenvalue weighted by molar-refractivity contribution is 9.10. The smallest absolute Gasteiger partial charge is 0.173 e. The topological polar surface area (TPSA) is 26.3 Å². The first kappa shape index (κ1) is 14.7. The Labute approximate surface area is 123 Å². The molecule has 20 heavy (non-hydrogen) atoms. The van der Waals surface area contributed by atoms with Crippen molar-refractivity contribution in [3.05, 3.63) is 63.6 Å². The van der Waals surface area contributed by atoms with E-state index in [2.05, 4.69) is 15.9 Å². The number of hydrogen-bond acceptors (Lipinski definition) is 2. The Bertz CT molecular complexity index is 636. The van der Waals surface area contributed by atoms with E-state index in [4.69, 9.17) is 4.74 Å². The molecule has 0 N–H and O–H groups in total. The zero-order valence-electron chi connectivity index (χ0n) is 10.6. The minimum atomic E-state index is -0.845. The zero-order valence-corrected chi connectivity index (χ0v) is 12.2. The zero-order chi connectivity index (χ0) is 14.7. The van der Waals surface area contributed by atoms with Crippen LogP contribution in [0.15, 0.2) is 40.9 Å². The van der Waals surface area contributed by atoms with Gasteiger partial charge in [-0.3, -0.25) is 4.79 Å². The molecule has 0 bridgehead atoms. The molecule has 104 valence electrons. The Morgan fingerprint density at radius 1 is 1.20 bits per heavy atom. The number of Topliss-reactive ketones (excluding diaryl/α,β-unsaturated/α-hetero) is 1. The normalized spacial score (nSPS) is 10.4. The molecule has 2 rings (SSSR count). The molecule has 0 atom stereocenters. The second-order valence-corrected chi connectivity index (χ2v) is 5.02. The second kappa shape index (κ2) is 6.13. The summed E-state index contributed by atoms with van der Waals surface area (Å²) in [6.07, 6.45) is -0.0829. The number of carbonyl (C=O) groups is 1. The van der Waals surface area contributed by atoms with Gasteiger partial charge in [0.05, 0.1) is 17.1 Å². The van der Waals surface area contributed by atoms with Gasteiger partial charge in [0.1, 0.15) is 17.4 Å². The maximum absolute atomic E-state index is 13.5. The van der Waals surface area contributed by atoms with Crippen LogP contribution in [0.2, 0.25) is 0 Å². The highest BCUT2D eigenvalue weighted by Gasteiger charge is 2.17. The van der Waals surface area contributed by atoms with Crippen molar-refractivity contribution >= 4 is 21.7 Å². The average molecular weight is 341 g/mol. The molecule has 0 unspecified atom stereocenters. The van der Waals surface area contributed by atoms with Crippen LogP contribution in [0.25, 0.3) is 0 Å². The third kappa shape index (κ3) is 3.04. The van der Waals surface area contributed by atoms with Crippen molar-refractivity contribution in [3.63, 3.8) is 0 Å². The predicted octanol–water partition coefficient (Wildman–Crippen LogP) is 4.16. The Morgan fingerprint density at radius 2 is 1.85 bits per heavy atom. The van der Waals surface area contributed by atoms with Crippen molar-refractivity contribution in [2.45, 2.75) is 6.42 Å². The van der Waals surface area contributed by atoms with Gasteiger partial charge < -0.3 is 4.74 Å². The minimum Gasteiger partial charge on any atom is -0.496 e. The summed E-state index contributed by atoms with van der Waals surface area (Å²) < 4.78 is 32.8. The third-order valence-electron chi connectivity index (χ3n) is 2.82. The fraction of sp³-hybridized carbons (Fsp3) is 0.133. The summed E-state index contributed by atoms with van der Waals surface area (Å²) in [5, 5.41) is 0. The number of rotatable bonds is 4. The van der Waals surface area contributed by atoms with Crippen LogP contribution in [0.5, 0.6) is 5.75 Å². The highest BCUT2D eigenvalue weighted by atomic mass is 79.9. The van der Waals surface area contributed by atoms with Crippen molar-refractivity contribution in [2.75, 3.05) is 7.11 Å². The molecule has 0 radical (unpaired) electrons. The maximum atomic E-state index is 13.5. The van der Waals surface area contributed by atoms with Gasteiger partial charge in [0.15, 0.2) is 5.78 Å². The molecule has 0 amide bonds. The van der Waals surface area contributed by atoms with Crippen LogP contribution >= 0.6 is 15.9 Å². The molecule has 0 spiro atoms. The van der Waals surface area contributed by atoms with Crippen LogP contribution in [0, 0.1) is 11.6 Å². The van der Waals surface area contributed by atoms with Gasteiger partial charge in [0.25, 0.3) is 0 Å². The van der Waals surface area contributed by atoms with Crippen LogP contribution in [-0.4, -0.2) is 12.9 Å². The standard InChI is InChI=1S/C15H11BrF2O2/c1-20-14-6-5-9(7-10(14)16)8-13(19)15-11(17)3-2-4-12(15)18/h2-7H,8H2,1H3. The molecule has 2 aromatic rings. The van der Waals surface area contributed by atoms with Crippen molar-refractivity contribution in [1.82, 2.24) is 0 Å². The molecule has 2 aromatic carbocycles. The van der Waals surface area contributed by atoms with E-state index in [1.807, 2.05) is 0 Å². The summed E-state index contributed by atoms with van der Waals surface area (Å²) in [7, 11) is 1.53. The molecule has 0 saturated heterocycles. The van der Waals surface area contributed by atoms with E-state index in [0.717, 1.165) is 12.1 Å². The maximum Gasteiger partial charge on any atom is 0.173 e. The van der Waals surface area contributed by atoms with Gasteiger partial charge in [0.2, 0.25) is 0 Å². The van der Waals surface area contributed by atoms with E-state index in [1.165, 1.54) is 13.2 Å². The van der Waals surface area contributed by atoms with Crippen LogP contribution in [0.3, 0.4) is 0 Å². The summed E-state index contributed by atoms with van der Waals surface area (Å²) in [4.78, 5) is 12.0. The number of ketones is 1. The van der Waals surface area contributed by atoms with E-state index < -0.39 is 23.0 Å². The average Bonchev–Trinajstić information content (AvgIpc) is 2.38. The number of hydrogen-bond donors (Lipinski definition) is 0. The van der Waals surface area contributed by atoms with E-state index in [1.54, 1.807) is 18.2 Å². The third-order valence-corrected chi connectivity index (χ3v) is 3.44. The second-order valence-electron chi connectivity index (χ2n) is 4.17. The molecule has 5 heteroatoms. The van der Waals surface area contributed by atoms with Crippen LogP contribution in [0.4, 0.5) is 8.78 Å². The van der Waals surface area contributed by atoms with Gasteiger partial charge in [-0.25, -0.2) is 8.78 Å². The number of halogens is 3. The molecule has 0 aromatic heterocycles. The first-order valence-corrected chi connectivity index (χ1v) is 6.62. The molecule has 2 nitrogen and oxygen atoms in total. The number of ether oxygens (including phenoxy) is 1.